The van der Waals surface area contributed by atoms with Crippen LogP contribution in [0.15, 0.2) is 12.1 Å². The van der Waals surface area contributed by atoms with Crippen molar-refractivity contribution in [1.29, 1.82) is 0 Å². The number of anilines is 2. The number of phenols is 1. The maximum Gasteiger partial charge on any atom is 0.221 e. The molecule has 0 aliphatic heterocycles. The van der Waals surface area contributed by atoms with Crippen molar-refractivity contribution in [2.45, 2.75) is 13.8 Å². The van der Waals surface area contributed by atoms with Gasteiger partial charge in [0, 0.05) is 12.5 Å². The van der Waals surface area contributed by atoms with Gasteiger partial charge in [0.2, 0.25) is 5.91 Å². The normalized spacial score (nSPS) is 9.73. The van der Waals surface area contributed by atoms with Gasteiger partial charge in [-0.25, -0.2) is 0 Å². The summed E-state index contributed by atoms with van der Waals surface area (Å²) in [5.41, 5.74) is 6.03. The van der Waals surface area contributed by atoms with Crippen molar-refractivity contribution in [2.24, 2.45) is 0 Å². The highest BCUT2D eigenvalue weighted by molar-refractivity contribution is 5.99. The van der Waals surface area contributed by atoms with Crippen LogP contribution in [-0.4, -0.2) is 16.8 Å². The molecular weight excluding hydrogens is 196 g/mol. The molecule has 0 heterocycles. The molecule has 80 valence electrons. The van der Waals surface area contributed by atoms with Gasteiger partial charge in [-0.1, -0.05) is 0 Å². The van der Waals surface area contributed by atoms with Gasteiger partial charge in [0.05, 0.1) is 11.4 Å². The lowest BCUT2D eigenvalue weighted by molar-refractivity contribution is -0.114. The van der Waals surface area contributed by atoms with Crippen LogP contribution in [-0.2, 0) is 4.79 Å². The summed E-state index contributed by atoms with van der Waals surface area (Å²) in [4.78, 5) is 21.9. The predicted molar refractivity (Wildman–Crippen MR) is 56.8 cm³/mol. The van der Waals surface area contributed by atoms with Crippen LogP contribution >= 0.6 is 0 Å². The Hall–Kier alpha value is -2.04. The smallest absolute Gasteiger partial charge is 0.221 e. The molecule has 0 saturated heterocycles. The molecule has 4 N–H and O–H groups in total. The maximum atomic E-state index is 11.1. The third-order valence-electron chi connectivity index (χ3n) is 1.86. The Morgan fingerprint density at radius 2 is 1.93 bits per heavy atom. The molecule has 0 aliphatic rings. The Balaban J connectivity index is 3.24. The molecular formula is C10H12N2O3. The Morgan fingerprint density at radius 1 is 1.33 bits per heavy atom. The maximum absolute atomic E-state index is 11.1. The molecule has 0 bridgehead atoms. The van der Waals surface area contributed by atoms with Crippen LogP contribution in [0.4, 0.5) is 11.4 Å². The van der Waals surface area contributed by atoms with Gasteiger partial charge in [0.25, 0.3) is 0 Å². The average Bonchev–Trinajstić information content (AvgIpc) is 2.11. The van der Waals surface area contributed by atoms with E-state index in [1.165, 1.54) is 26.0 Å². The number of amides is 1. The molecule has 5 nitrogen and oxygen atoms in total. The molecule has 15 heavy (non-hydrogen) atoms. The summed E-state index contributed by atoms with van der Waals surface area (Å²) in [5, 5.41) is 11.9. The number of rotatable bonds is 2. The Bertz CT molecular complexity index is 427. The third kappa shape index (κ3) is 2.46. The van der Waals surface area contributed by atoms with Crippen LogP contribution < -0.4 is 11.1 Å². The molecule has 0 radical (unpaired) electrons. The first-order chi connectivity index (χ1) is 6.91. The topological polar surface area (TPSA) is 92.4 Å². The van der Waals surface area contributed by atoms with E-state index in [4.69, 9.17) is 5.73 Å². The molecule has 0 aromatic heterocycles. The van der Waals surface area contributed by atoms with E-state index >= 15 is 0 Å². The molecule has 1 aromatic carbocycles. The molecule has 0 saturated carbocycles. The van der Waals surface area contributed by atoms with Crippen LogP contribution in [0.25, 0.3) is 0 Å². The van der Waals surface area contributed by atoms with Crippen molar-refractivity contribution in [3.8, 4) is 5.75 Å². The van der Waals surface area contributed by atoms with Crippen LogP contribution in [0.5, 0.6) is 5.75 Å². The summed E-state index contributed by atoms with van der Waals surface area (Å²) < 4.78 is 0. The lowest BCUT2D eigenvalue weighted by Gasteiger charge is -2.09. The molecule has 1 aromatic rings. The van der Waals surface area contributed by atoms with Crippen LogP contribution in [0.3, 0.4) is 0 Å². The van der Waals surface area contributed by atoms with E-state index in [1.54, 1.807) is 0 Å². The minimum Gasteiger partial charge on any atom is -0.504 e. The monoisotopic (exact) mass is 208 g/mol. The number of ketones is 1. The van der Waals surface area contributed by atoms with Gasteiger partial charge in [0.1, 0.15) is 0 Å². The van der Waals surface area contributed by atoms with Crippen molar-refractivity contribution in [2.75, 3.05) is 11.1 Å². The fourth-order valence-electron chi connectivity index (χ4n) is 1.15. The van der Waals surface area contributed by atoms with Gasteiger partial charge in [-0.3, -0.25) is 9.59 Å². The first-order valence-electron chi connectivity index (χ1n) is 4.33. The number of nitrogens with one attached hydrogen (secondary N) is 1. The lowest BCUT2D eigenvalue weighted by Crippen LogP contribution is -2.08. The summed E-state index contributed by atoms with van der Waals surface area (Å²) in [5.74, 6) is -0.756. The molecule has 1 rings (SSSR count). The molecule has 0 atom stereocenters. The molecule has 5 heteroatoms. The number of carbonyl (C=O) groups excluding carboxylic acids is 2. The molecule has 0 spiro atoms. The van der Waals surface area contributed by atoms with Gasteiger partial charge in [0.15, 0.2) is 11.5 Å². The summed E-state index contributed by atoms with van der Waals surface area (Å²) in [7, 11) is 0. The molecule has 1 amide bonds. The molecule has 0 fully saturated rings. The van der Waals surface area contributed by atoms with E-state index in [0.717, 1.165) is 0 Å². The standard InChI is InChI=1S/C10H12N2O3/c1-5(13)7-3-8(11)10(15)9(4-7)12-6(2)14/h3-4,15H,11H2,1-2H3,(H,12,14). The first-order valence-corrected chi connectivity index (χ1v) is 4.33. The number of Topliss-reactive ketones (excluding diaryl/α,β-unsaturated/α-hetero) is 1. The third-order valence-corrected chi connectivity index (χ3v) is 1.86. The van der Waals surface area contributed by atoms with Crippen LogP contribution in [0.2, 0.25) is 0 Å². The molecule has 0 aliphatic carbocycles. The van der Waals surface area contributed by atoms with E-state index in [1.807, 2.05) is 0 Å². The minimum atomic E-state index is -0.342. The lowest BCUT2D eigenvalue weighted by atomic mass is 10.1. The number of hydrogen-bond donors (Lipinski definition) is 3. The highest BCUT2D eigenvalue weighted by atomic mass is 16.3. The number of nitrogens with two attached hydrogens (primary N) is 1. The van der Waals surface area contributed by atoms with E-state index in [0.29, 0.717) is 5.56 Å². The number of hydrogen-bond acceptors (Lipinski definition) is 4. The van der Waals surface area contributed by atoms with Gasteiger partial charge >= 0.3 is 0 Å². The Labute approximate surface area is 86.9 Å². The fourth-order valence-corrected chi connectivity index (χ4v) is 1.15. The van der Waals surface area contributed by atoms with Crippen molar-refractivity contribution in [3.05, 3.63) is 17.7 Å². The predicted octanol–water partition coefficient (Wildman–Crippen LogP) is 1.14. The largest absolute Gasteiger partial charge is 0.504 e. The SMILES string of the molecule is CC(=O)Nc1cc(C(C)=O)cc(N)c1O. The van der Waals surface area contributed by atoms with Gasteiger partial charge in [-0.15, -0.1) is 0 Å². The highest BCUT2D eigenvalue weighted by Crippen LogP contribution is 2.31. The second-order valence-corrected chi connectivity index (χ2v) is 3.20. The van der Waals surface area contributed by atoms with E-state index in [9.17, 15) is 14.7 Å². The van der Waals surface area contributed by atoms with Crippen molar-refractivity contribution in [1.82, 2.24) is 0 Å². The zero-order valence-corrected chi connectivity index (χ0v) is 8.50. The zero-order chi connectivity index (χ0) is 11.6. The summed E-state index contributed by atoms with van der Waals surface area (Å²) in [6.45, 7) is 2.68. The summed E-state index contributed by atoms with van der Waals surface area (Å²) >= 11 is 0. The second kappa shape index (κ2) is 4.00. The van der Waals surface area contributed by atoms with Gasteiger partial charge in [-0.2, -0.15) is 0 Å². The fraction of sp³-hybridized carbons (Fsp3) is 0.200. The van der Waals surface area contributed by atoms with Crippen molar-refractivity contribution in [3.63, 3.8) is 0 Å². The Morgan fingerprint density at radius 3 is 2.40 bits per heavy atom. The van der Waals surface area contributed by atoms with Gasteiger partial charge in [-0.05, 0) is 19.1 Å². The van der Waals surface area contributed by atoms with Crippen LogP contribution in [0.1, 0.15) is 24.2 Å². The number of nitrogen functional groups attached to an aromatic ring is 1. The number of phenolic OH excluding ortho intramolecular Hbond substituents is 1. The summed E-state index contributed by atoms with van der Waals surface area (Å²) in [6.07, 6.45) is 0. The van der Waals surface area contributed by atoms with Crippen molar-refractivity contribution >= 4 is 23.1 Å². The first kappa shape index (κ1) is 11.0. The van der Waals surface area contributed by atoms with Gasteiger partial charge < -0.3 is 16.2 Å². The molecule has 0 unspecified atom stereocenters. The zero-order valence-electron chi connectivity index (χ0n) is 8.50. The van der Waals surface area contributed by atoms with E-state index < -0.39 is 0 Å². The van der Waals surface area contributed by atoms with E-state index in [-0.39, 0.29) is 28.8 Å². The van der Waals surface area contributed by atoms with Crippen LogP contribution in [0, 0.1) is 0 Å². The number of benzene rings is 1. The number of aromatic hydroxyl groups is 1. The second-order valence-electron chi connectivity index (χ2n) is 3.20. The number of carbonyl (C=O) groups is 2. The Kier molecular flexibility index (Phi) is 2.94. The van der Waals surface area contributed by atoms with Crippen molar-refractivity contribution < 1.29 is 14.7 Å². The highest BCUT2D eigenvalue weighted by Gasteiger charge is 2.10. The quantitative estimate of drug-likeness (QED) is 0.386. The summed E-state index contributed by atoms with van der Waals surface area (Å²) in [6, 6.07) is 2.75. The van der Waals surface area contributed by atoms with E-state index in [2.05, 4.69) is 5.32 Å². The average molecular weight is 208 g/mol. The minimum absolute atomic E-state index is 0.0615.